The average Bonchev–Trinajstić information content (AvgIpc) is 2.36. The molecule has 0 aromatic heterocycles. The van der Waals surface area contributed by atoms with Gasteiger partial charge in [-0.25, -0.2) is 4.39 Å². The van der Waals surface area contributed by atoms with Gasteiger partial charge in [-0.2, -0.15) is 26.3 Å². The first kappa shape index (κ1) is 17.2. The van der Waals surface area contributed by atoms with Gasteiger partial charge in [-0.15, -0.1) is 0 Å². The van der Waals surface area contributed by atoms with Crippen molar-refractivity contribution in [2.45, 2.75) is 6.18 Å². The highest BCUT2D eigenvalue weighted by Crippen LogP contribution is 2.16. The first-order chi connectivity index (χ1) is 9.63. The average molecular weight is 326 g/mol. The molecule has 10 heteroatoms. The predicted molar refractivity (Wildman–Crippen MR) is 67.0 cm³/mol. The second-order valence-corrected chi connectivity index (χ2v) is 5.20. The van der Waals surface area contributed by atoms with Crippen LogP contribution >= 0.6 is 0 Å². The topological polar surface area (TPSA) is 78.4 Å². The smallest absolute Gasteiger partial charge is 0.384 e. The van der Waals surface area contributed by atoms with Crippen molar-refractivity contribution in [2.24, 2.45) is 0 Å². The lowest BCUT2D eigenvalue weighted by Gasteiger charge is -2.11. The van der Waals surface area contributed by atoms with E-state index in [1.165, 1.54) is 4.72 Å². The summed E-state index contributed by atoms with van der Waals surface area (Å²) in [5.41, 5.74) is -0.381. The fourth-order valence-electron chi connectivity index (χ4n) is 1.19. The summed E-state index contributed by atoms with van der Waals surface area (Å²) in [6.07, 6.45) is -4.70. The second kappa shape index (κ2) is 6.75. The molecule has 0 amide bonds. The Labute approximate surface area is 118 Å². The molecule has 5 nitrogen and oxygen atoms in total. The molecule has 0 aliphatic rings. The molecular weight excluding hydrogens is 316 g/mol. The Morgan fingerprint density at radius 2 is 1.95 bits per heavy atom. The summed E-state index contributed by atoms with van der Waals surface area (Å²) in [4.78, 5) is 0. The highest BCUT2D eigenvalue weighted by Gasteiger charge is 2.29. The van der Waals surface area contributed by atoms with Crippen LogP contribution in [0, 0.1) is 17.7 Å². The van der Waals surface area contributed by atoms with Gasteiger partial charge in [0.25, 0.3) is 10.2 Å². The van der Waals surface area contributed by atoms with Crippen LogP contribution in [-0.4, -0.2) is 32.9 Å². The Bertz CT molecular complexity index is 662. The van der Waals surface area contributed by atoms with E-state index >= 15 is 0 Å². The summed E-state index contributed by atoms with van der Waals surface area (Å²) in [7, 11) is -4.46. The Hall–Kier alpha value is -1.83. The lowest BCUT2D eigenvalue weighted by Crippen LogP contribution is -2.37. The standard InChI is InChI=1S/C11H10F4N2O3S/c12-10-4-3-9(6-8(10)2-1-5-18)17-21(19,20)16-7-11(13,14)15/h3-4,6,16-18H,5,7H2. The molecule has 1 aromatic rings. The van der Waals surface area contributed by atoms with E-state index in [1.807, 2.05) is 0 Å². The van der Waals surface area contributed by atoms with Crippen LogP contribution in [0.1, 0.15) is 5.56 Å². The van der Waals surface area contributed by atoms with Gasteiger partial charge in [0.2, 0.25) is 0 Å². The first-order valence-corrected chi connectivity index (χ1v) is 6.85. The Kier molecular flexibility index (Phi) is 5.54. The fraction of sp³-hybridized carbons (Fsp3) is 0.273. The Morgan fingerprint density at radius 1 is 1.29 bits per heavy atom. The molecule has 0 saturated heterocycles. The highest BCUT2D eigenvalue weighted by atomic mass is 32.2. The van der Waals surface area contributed by atoms with Crippen LogP contribution in [0.15, 0.2) is 18.2 Å². The van der Waals surface area contributed by atoms with Crippen molar-refractivity contribution in [1.82, 2.24) is 4.72 Å². The van der Waals surface area contributed by atoms with Gasteiger partial charge in [0.1, 0.15) is 19.0 Å². The monoisotopic (exact) mass is 326 g/mol. The lowest BCUT2D eigenvalue weighted by atomic mass is 10.2. The third kappa shape index (κ3) is 6.44. The van der Waals surface area contributed by atoms with Crippen LogP contribution in [0.4, 0.5) is 23.2 Å². The van der Waals surface area contributed by atoms with E-state index in [9.17, 15) is 26.0 Å². The summed E-state index contributed by atoms with van der Waals surface area (Å²) in [6, 6.07) is 2.90. The summed E-state index contributed by atoms with van der Waals surface area (Å²) in [5, 5.41) is 8.50. The number of nitrogens with one attached hydrogen (secondary N) is 2. The van der Waals surface area contributed by atoms with Crippen LogP contribution < -0.4 is 9.44 Å². The molecule has 0 aliphatic heterocycles. The van der Waals surface area contributed by atoms with Crippen molar-refractivity contribution in [1.29, 1.82) is 0 Å². The van der Waals surface area contributed by atoms with Crippen LogP contribution in [0.2, 0.25) is 0 Å². The van der Waals surface area contributed by atoms with Crippen molar-refractivity contribution < 1.29 is 31.1 Å². The molecule has 116 valence electrons. The Balaban J connectivity index is 2.88. The van der Waals surface area contributed by atoms with Crippen molar-refractivity contribution in [3.05, 3.63) is 29.6 Å². The third-order valence-corrected chi connectivity index (χ3v) is 3.01. The number of aliphatic hydroxyl groups is 1. The molecule has 0 bridgehead atoms. The molecule has 1 aromatic carbocycles. The van der Waals surface area contributed by atoms with Crippen molar-refractivity contribution in [3.63, 3.8) is 0 Å². The van der Waals surface area contributed by atoms with Gasteiger partial charge in [-0.05, 0) is 18.2 Å². The molecule has 0 spiro atoms. The fourth-order valence-corrected chi connectivity index (χ4v) is 2.05. The van der Waals surface area contributed by atoms with Gasteiger partial charge in [0.15, 0.2) is 0 Å². The first-order valence-electron chi connectivity index (χ1n) is 5.36. The van der Waals surface area contributed by atoms with E-state index < -0.39 is 35.4 Å². The zero-order valence-corrected chi connectivity index (χ0v) is 11.1. The van der Waals surface area contributed by atoms with Gasteiger partial charge in [0.05, 0.1) is 11.3 Å². The van der Waals surface area contributed by atoms with E-state index in [0.717, 1.165) is 18.2 Å². The van der Waals surface area contributed by atoms with Gasteiger partial charge in [0, 0.05) is 0 Å². The largest absolute Gasteiger partial charge is 0.402 e. The molecule has 3 N–H and O–H groups in total. The predicted octanol–water partition coefficient (Wildman–Crippen LogP) is 0.978. The quantitative estimate of drug-likeness (QED) is 0.570. The molecule has 0 atom stereocenters. The summed E-state index contributed by atoms with van der Waals surface area (Å²) in [5.74, 6) is 3.64. The van der Waals surface area contributed by atoms with E-state index in [2.05, 4.69) is 11.8 Å². The van der Waals surface area contributed by atoms with Gasteiger partial charge in [-0.1, -0.05) is 11.8 Å². The van der Waals surface area contributed by atoms with Gasteiger partial charge >= 0.3 is 6.18 Å². The maximum atomic E-state index is 13.3. The van der Waals surface area contributed by atoms with Crippen LogP contribution in [0.3, 0.4) is 0 Å². The molecule has 0 saturated carbocycles. The molecule has 0 heterocycles. The molecule has 0 fully saturated rings. The van der Waals surface area contributed by atoms with Crippen LogP contribution in [0.25, 0.3) is 0 Å². The van der Waals surface area contributed by atoms with Crippen molar-refractivity contribution in [2.75, 3.05) is 17.9 Å². The van der Waals surface area contributed by atoms with Crippen molar-refractivity contribution >= 4 is 15.9 Å². The highest BCUT2D eigenvalue weighted by molar-refractivity contribution is 7.90. The normalized spacial score (nSPS) is 11.7. The molecular formula is C11H10F4N2O3S. The minimum Gasteiger partial charge on any atom is -0.384 e. The third-order valence-electron chi connectivity index (χ3n) is 1.98. The number of hydrogen-bond donors (Lipinski definition) is 3. The molecule has 1 rings (SSSR count). The van der Waals surface area contributed by atoms with E-state index in [4.69, 9.17) is 5.11 Å². The van der Waals surface area contributed by atoms with E-state index in [1.54, 1.807) is 4.72 Å². The lowest BCUT2D eigenvalue weighted by molar-refractivity contribution is -0.121. The van der Waals surface area contributed by atoms with Crippen LogP contribution in [-0.2, 0) is 10.2 Å². The maximum absolute atomic E-state index is 13.3. The Morgan fingerprint density at radius 3 is 2.52 bits per heavy atom. The van der Waals surface area contributed by atoms with E-state index in [0.29, 0.717) is 0 Å². The summed E-state index contributed by atoms with van der Waals surface area (Å²) >= 11 is 0. The van der Waals surface area contributed by atoms with Gasteiger partial charge in [-0.3, -0.25) is 4.72 Å². The van der Waals surface area contributed by atoms with Crippen LogP contribution in [0.5, 0.6) is 0 Å². The van der Waals surface area contributed by atoms with Gasteiger partial charge < -0.3 is 5.11 Å². The maximum Gasteiger partial charge on any atom is 0.402 e. The molecule has 0 unspecified atom stereocenters. The second-order valence-electron chi connectivity index (χ2n) is 3.70. The van der Waals surface area contributed by atoms with E-state index in [-0.39, 0.29) is 11.3 Å². The molecule has 21 heavy (non-hydrogen) atoms. The minimum absolute atomic E-state index is 0.173. The molecule has 0 aliphatic carbocycles. The summed E-state index contributed by atoms with van der Waals surface area (Å²) < 4.78 is 74.9. The number of benzene rings is 1. The zero-order chi connectivity index (χ0) is 16.1. The van der Waals surface area contributed by atoms with Crippen molar-refractivity contribution in [3.8, 4) is 11.8 Å². The number of rotatable bonds is 4. The SMILES string of the molecule is O=S(=O)(NCC(F)(F)F)Nc1ccc(F)c(C#CCO)c1. The number of halogens is 4. The zero-order valence-electron chi connectivity index (χ0n) is 10.3. The number of hydrogen-bond acceptors (Lipinski definition) is 3. The molecule has 0 radical (unpaired) electrons. The number of anilines is 1. The number of alkyl halides is 3. The minimum atomic E-state index is -4.70. The summed E-state index contributed by atoms with van der Waals surface area (Å²) in [6.45, 7) is -2.26. The number of aliphatic hydroxyl groups excluding tert-OH is 1.